The van der Waals surface area contributed by atoms with Crippen LogP contribution < -0.4 is 5.32 Å². The number of urea groups is 1. The number of amides is 2. The maximum atomic E-state index is 13.2. The van der Waals surface area contributed by atoms with Gasteiger partial charge in [0.25, 0.3) is 0 Å². The number of nitrogens with zero attached hydrogens (tertiary/aromatic N) is 1. The van der Waals surface area contributed by atoms with Gasteiger partial charge in [-0.3, -0.25) is 0 Å². The van der Waals surface area contributed by atoms with E-state index >= 15 is 0 Å². The minimum Gasteiger partial charge on any atom is -0.334 e. The Labute approximate surface area is 143 Å². The van der Waals surface area contributed by atoms with Crippen LogP contribution in [0.4, 0.5) is 22.4 Å². The summed E-state index contributed by atoms with van der Waals surface area (Å²) in [5, 5.41) is 2.59. The quantitative estimate of drug-likeness (QED) is 0.784. The highest BCUT2D eigenvalue weighted by molar-refractivity contribution is 5.74. The van der Waals surface area contributed by atoms with Gasteiger partial charge in [0, 0.05) is 19.6 Å². The summed E-state index contributed by atoms with van der Waals surface area (Å²) in [7, 11) is 0. The van der Waals surface area contributed by atoms with Crippen LogP contribution in [0.1, 0.15) is 23.6 Å². The Bertz CT molecular complexity index is 731. The molecule has 0 unspecified atom stereocenters. The first-order valence-corrected chi connectivity index (χ1v) is 7.73. The van der Waals surface area contributed by atoms with Crippen LogP contribution in [-0.2, 0) is 19.3 Å². The summed E-state index contributed by atoms with van der Waals surface area (Å²) in [6.45, 7) is 2.33. The third-order valence-electron chi connectivity index (χ3n) is 3.63. The van der Waals surface area contributed by atoms with Crippen molar-refractivity contribution in [1.29, 1.82) is 0 Å². The van der Waals surface area contributed by atoms with E-state index in [1.165, 1.54) is 29.2 Å². The molecule has 7 heteroatoms. The molecule has 2 amide bonds. The van der Waals surface area contributed by atoms with Crippen LogP contribution in [0.3, 0.4) is 0 Å². The van der Waals surface area contributed by atoms with Crippen molar-refractivity contribution in [3.8, 4) is 0 Å². The Balaban J connectivity index is 1.98. The number of rotatable bonds is 5. The van der Waals surface area contributed by atoms with Crippen molar-refractivity contribution in [3.05, 3.63) is 71.0 Å². The van der Waals surface area contributed by atoms with Crippen molar-refractivity contribution >= 4 is 6.03 Å². The van der Waals surface area contributed by atoms with Gasteiger partial charge in [0.05, 0.1) is 5.56 Å². The van der Waals surface area contributed by atoms with Gasteiger partial charge in [0.1, 0.15) is 5.82 Å². The van der Waals surface area contributed by atoms with Crippen LogP contribution in [0.5, 0.6) is 0 Å². The first-order valence-electron chi connectivity index (χ1n) is 7.73. The van der Waals surface area contributed by atoms with Crippen LogP contribution in [0.25, 0.3) is 0 Å². The molecule has 0 aliphatic carbocycles. The van der Waals surface area contributed by atoms with Gasteiger partial charge in [0.2, 0.25) is 0 Å². The zero-order valence-corrected chi connectivity index (χ0v) is 13.6. The molecule has 3 nitrogen and oxygen atoms in total. The summed E-state index contributed by atoms with van der Waals surface area (Å²) in [6, 6.07) is 10.3. The average Bonchev–Trinajstić information content (AvgIpc) is 2.57. The highest BCUT2D eigenvalue weighted by atomic mass is 19.4. The van der Waals surface area contributed by atoms with E-state index < -0.39 is 23.6 Å². The van der Waals surface area contributed by atoms with Gasteiger partial charge in [-0.05, 0) is 42.3 Å². The molecular formula is C18H18F4N2O. The molecule has 0 aromatic heterocycles. The smallest absolute Gasteiger partial charge is 0.334 e. The van der Waals surface area contributed by atoms with Crippen LogP contribution in [0, 0.1) is 5.82 Å². The summed E-state index contributed by atoms with van der Waals surface area (Å²) >= 11 is 0. The average molecular weight is 354 g/mol. The van der Waals surface area contributed by atoms with E-state index in [1.54, 1.807) is 19.1 Å². The van der Waals surface area contributed by atoms with Crippen molar-refractivity contribution in [2.75, 3.05) is 6.54 Å². The Morgan fingerprint density at radius 2 is 1.76 bits per heavy atom. The Morgan fingerprint density at radius 1 is 1.08 bits per heavy atom. The third-order valence-corrected chi connectivity index (χ3v) is 3.63. The first kappa shape index (κ1) is 18.8. The van der Waals surface area contributed by atoms with E-state index in [1.807, 2.05) is 0 Å². The lowest BCUT2D eigenvalue weighted by Gasteiger charge is -2.21. The summed E-state index contributed by atoms with van der Waals surface area (Å²) < 4.78 is 51.3. The fraction of sp³-hybridized carbons (Fsp3) is 0.278. The summed E-state index contributed by atoms with van der Waals surface area (Å²) in [6.07, 6.45) is -4.42. The molecule has 0 saturated heterocycles. The molecule has 0 radical (unpaired) electrons. The van der Waals surface area contributed by atoms with Crippen molar-refractivity contribution in [2.24, 2.45) is 0 Å². The fourth-order valence-electron chi connectivity index (χ4n) is 2.33. The van der Waals surface area contributed by atoms with E-state index in [2.05, 4.69) is 5.32 Å². The molecule has 2 rings (SSSR count). The molecule has 0 fully saturated rings. The van der Waals surface area contributed by atoms with E-state index in [-0.39, 0.29) is 13.1 Å². The Hall–Kier alpha value is -2.57. The summed E-state index contributed by atoms with van der Waals surface area (Å²) in [5.74, 6) is -0.391. The van der Waals surface area contributed by atoms with Gasteiger partial charge in [-0.2, -0.15) is 13.2 Å². The normalized spacial score (nSPS) is 11.2. The van der Waals surface area contributed by atoms with Gasteiger partial charge in [0.15, 0.2) is 0 Å². The minimum absolute atomic E-state index is 0.0254. The number of carbonyl (C=O) groups is 1. The summed E-state index contributed by atoms with van der Waals surface area (Å²) in [4.78, 5) is 13.7. The SMILES string of the molecule is CCN(Cc1cccc(F)c1)C(=O)NCc1cccc(C(F)(F)F)c1. The molecule has 1 N–H and O–H groups in total. The van der Waals surface area contributed by atoms with Gasteiger partial charge < -0.3 is 10.2 Å². The highest BCUT2D eigenvalue weighted by Gasteiger charge is 2.30. The molecule has 0 spiro atoms. The lowest BCUT2D eigenvalue weighted by Crippen LogP contribution is -2.39. The maximum Gasteiger partial charge on any atom is 0.416 e. The standard InChI is InChI=1S/C18H18F4N2O/c1-2-24(12-14-6-4-8-16(19)10-14)17(25)23-11-13-5-3-7-15(9-13)18(20,21)22/h3-10H,2,11-12H2,1H3,(H,23,25). The second-order valence-electron chi connectivity index (χ2n) is 5.50. The molecule has 0 aliphatic heterocycles. The molecule has 2 aromatic carbocycles. The topological polar surface area (TPSA) is 32.3 Å². The van der Waals surface area contributed by atoms with Crippen LogP contribution in [0.2, 0.25) is 0 Å². The second-order valence-corrected chi connectivity index (χ2v) is 5.50. The van der Waals surface area contributed by atoms with E-state index in [4.69, 9.17) is 0 Å². The van der Waals surface area contributed by atoms with Gasteiger partial charge in [-0.1, -0.05) is 24.3 Å². The number of benzene rings is 2. The van der Waals surface area contributed by atoms with Crippen LogP contribution in [-0.4, -0.2) is 17.5 Å². The predicted molar refractivity (Wildman–Crippen MR) is 86.2 cm³/mol. The Kier molecular flexibility index (Phi) is 6.01. The number of hydrogen-bond donors (Lipinski definition) is 1. The van der Waals surface area contributed by atoms with Crippen LogP contribution >= 0.6 is 0 Å². The number of halogens is 4. The van der Waals surface area contributed by atoms with Crippen molar-refractivity contribution in [1.82, 2.24) is 10.2 Å². The largest absolute Gasteiger partial charge is 0.416 e. The van der Waals surface area contributed by atoms with Crippen molar-refractivity contribution in [2.45, 2.75) is 26.2 Å². The molecule has 25 heavy (non-hydrogen) atoms. The molecule has 134 valence electrons. The number of carbonyl (C=O) groups excluding carboxylic acids is 1. The number of nitrogens with one attached hydrogen (secondary N) is 1. The lowest BCUT2D eigenvalue weighted by molar-refractivity contribution is -0.137. The monoisotopic (exact) mass is 354 g/mol. The van der Waals surface area contributed by atoms with Crippen LogP contribution in [0.15, 0.2) is 48.5 Å². The van der Waals surface area contributed by atoms with Gasteiger partial charge >= 0.3 is 12.2 Å². The third kappa shape index (κ3) is 5.48. The summed E-state index contributed by atoms with van der Waals surface area (Å²) in [5.41, 5.74) is 0.229. The van der Waals surface area contributed by atoms with E-state index in [0.717, 1.165) is 12.1 Å². The maximum absolute atomic E-state index is 13.2. The van der Waals surface area contributed by atoms with Crippen molar-refractivity contribution < 1.29 is 22.4 Å². The molecular weight excluding hydrogens is 336 g/mol. The number of alkyl halides is 3. The molecule has 0 bridgehead atoms. The molecule has 0 aliphatic rings. The zero-order chi connectivity index (χ0) is 18.4. The molecule has 0 heterocycles. The fourth-order valence-corrected chi connectivity index (χ4v) is 2.33. The molecule has 0 atom stereocenters. The minimum atomic E-state index is -4.42. The zero-order valence-electron chi connectivity index (χ0n) is 13.6. The lowest BCUT2D eigenvalue weighted by atomic mass is 10.1. The van der Waals surface area contributed by atoms with Gasteiger partial charge in [-0.25, -0.2) is 9.18 Å². The Morgan fingerprint density at radius 3 is 2.40 bits per heavy atom. The molecule has 2 aromatic rings. The first-order chi connectivity index (χ1) is 11.8. The predicted octanol–water partition coefficient (Wildman–Crippen LogP) is 4.58. The van der Waals surface area contributed by atoms with Gasteiger partial charge in [-0.15, -0.1) is 0 Å². The second kappa shape index (κ2) is 8.00. The van der Waals surface area contributed by atoms with E-state index in [0.29, 0.717) is 17.7 Å². The number of hydrogen-bond acceptors (Lipinski definition) is 1. The van der Waals surface area contributed by atoms with Crippen molar-refractivity contribution in [3.63, 3.8) is 0 Å². The molecule has 0 saturated carbocycles. The van der Waals surface area contributed by atoms with E-state index in [9.17, 15) is 22.4 Å². The highest BCUT2D eigenvalue weighted by Crippen LogP contribution is 2.29.